The summed E-state index contributed by atoms with van der Waals surface area (Å²) in [4.78, 5) is 0. The summed E-state index contributed by atoms with van der Waals surface area (Å²) >= 11 is 0. The van der Waals surface area contributed by atoms with Crippen molar-refractivity contribution in [2.45, 2.75) is 51.7 Å². The Hall–Kier alpha value is -1.02. The minimum absolute atomic E-state index is 0.0184. The van der Waals surface area contributed by atoms with E-state index in [2.05, 4.69) is 26.0 Å². The summed E-state index contributed by atoms with van der Waals surface area (Å²) in [5.74, 6) is 0.913. The molecule has 16 heavy (non-hydrogen) atoms. The van der Waals surface area contributed by atoms with Crippen molar-refractivity contribution in [1.82, 2.24) is 0 Å². The average molecular weight is 220 g/mol. The van der Waals surface area contributed by atoms with Crippen LogP contribution in [0, 0.1) is 13.8 Å². The molecule has 0 saturated heterocycles. The van der Waals surface area contributed by atoms with E-state index in [9.17, 15) is 5.11 Å². The van der Waals surface area contributed by atoms with Gasteiger partial charge in [-0.25, -0.2) is 0 Å². The Bertz CT molecular complexity index is 360. The molecule has 0 aliphatic heterocycles. The molecule has 0 unspecified atom stereocenters. The molecule has 2 atom stereocenters. The molecule has 1 aliphatic carbocycles. The predicted octanol–water partition coefficient (Wildman–Crippen LogP) is 2.99. The Kier molecular flexibility index (Phi) is 3.49. The lowest BCUT2D eigenvalue weighted by molar-refractivity contribution is 0.00654. The van der Waals surface area contributed by atoms with Crippen LogP contribution in [0.1, 0.15) is 36.8 Å². The van der Waals surface area contributed by atoms with Crippen molar-refractivity contribution in [3.05, 3.63) is 29.3 Å². The van der Waals surface area contributed by atoms with Crippen molar-refractivity contribution < 1.29 is 9.84 Å². The fraction of sp³-hybridized carbons (Fsp3) is 0.571. The smallest absolute Gasteiger partial charge is 0.124 e. The number of rotatable bonds is 2. The normalized spacial score (nSPS) is 25.4. The standard InChI is InChI=1S/C14H20O2/c1-10-7-8-13(11(2)9-10)16-14-6-4-3-5-12(14)15/h7-9,12,14-15H,3-6H2,1-2H3/t12-,14-/m0/s1. The topological polar surface area (TPSA) is 29.5 Å². The molecule has 0 aromatic heterocycles. The van der Waals surface area contributed by atoms with Crippen LogP contribution in [0.5, 0.6) is 5.75 Å². The third kappa shape index (κ3) is 2.56. The van der Waals surface area contributed by atoms with Gasteiger partial charge < -0.3 is 9.84 Å². The Labute approximate surface area is 97.3 Å². The van der Waals surface area contributed by atoms with Crippen molar-refractivity contribution in [1.29, 1.82) is 0 Å². The third-order valence-corrected chi connectivity index (χ3v) is 3.28. The molecule has 88 valence electrons. The molecule has 0 amide bonds. The Morgan fingerprint density at radius 1 is 1.19 bits per heavy atom. The van der Waals surface area contributed by atoms with Gasteiger partial charge in [-0.1, -0.05) is 24.1 Å². The van der Waals surface area contributed by atoms with Crippen LogP contribution in [0.4, 0.5) is 0 Å². The van der Waals surface area contributed by atoms with Crippen LogP contribution in [0.15, 0.2) is 18.2 Å². The van der Waals surface area contributed by atoms with Crippen molar-refractivity contribution in [2.24, 2.45) is 0 Å². The van der Waals surface area contributed by atoms with Gasteiger partial charge in [0.15, 0.2) is 0 Å². The summed E-state index contributed by atoms with van der Waals surface area (Å²) in [6, 6.07) is 6.17. The maximum Gasteiger partial charge on any atom is 0.124 e. The van der Waals surface area contributed by atoms with Crippen molar-refractivity contribution in [3.63, 3.8) is 0 Å². The van der Waals surface area contributed by atoms with E-state index >= 15 is 0 Å². The Morgan fingerprint density at radius 3 is 2.62 bits per heavy atom. The number of hydrogen-bond acceptors (Lipinski definition) is 2. The second kappa shape index (κ2) is 4.88. The van der Waals surface area contributed by atoms with Crippen LogP contribution in [0.3, 0.4) is 0 Å². The van der Waals surface area contributed by atoms with E-state index in [0.29, 0.717) is 0 Å². The zero-order valence-electron chi connectivity index (χ0n) is 10.1. The summed E-state index contributed by atoms with van der Waals surface area (Å²) in [7, 11) is 0. The summed E-state index contributed by atoms with van der Waals surface area (Å²) in [5.41, 5.74) is 2.40. The number of benzene rings is 1. The zero-order valence-corrected chi connectivity index (χ0v) is 10.1. The lowest BCUT2D eigenvalue weighted by Crippen LogP contribution is -2.34. The molecule has 2 nitrogen and oxygen atoms in total. The van der Waals surface area contributed by atoms with Gasteiger partial charge >= 0.3 is 0 Å². The van der Waals surface area contributed by atoms with Gasteiger partial charge in [0, 0.05) is 0 Å². The fourth-order valence-corrected chi connectivity index (χ4v) is 2.31. The molecular formula is C14H20O2. The average Bonchev–Trinajstić information content (AvgIpc) is 2.25. The van der Waals surface area contributed by atoms with Gasteiger partial charge in [-0.05, 0) is 44.7 Å². The second-order valence-electron chi connectivity index (χ2n) is 4.78. The lowest BCUT2D eigenvalue weighted by atomic mass is 9.95. The third-order valence-electron chi connectivity index (χ3n) is 3.28. The van der Waals surface area contributed by atoms with E-state index in [0.717, 1.165) is 37.0 Å². The van der Waals surface area contributed by atoms with Gasteiger partial charge in [0.05, 0.1) is 6.10 Å². The van der Waals surface area contributed by atoms with Crippen LogP contribution < -0.4 is 4.74 Å². The quantitative estimate of drug-likeness (QED) is 0.830. The lowest BCUT2D eigenvalue weighted by Gasteiger charge is -2.28. The minimum atomic E-state index is -0.297. The highest BCUT2D eigenvalue weighted by Gasteiger charge is 2.24. The highest BCUT2D eigenvalue weighted by atomic mass is 16.5. The largest absolute Gasteiger partial charge is 0.487 e. The van der Waals surface area contributed by atoms with E-state index in [-0.39, 0.29) is 12.2 Å². The molecule has 2 rings (SSSR count). The number of aryl methyl sites for hydroxylation is 2. The van der Waals surface area contributed by atoms with E-state index in [1.165, 1.54) is 5.56 Å². The SMILES string of the molecule is Cc1ccc(O[C@H]2CCCC[C@@H]2O)c(C)c1. The van der Waals surface area contributed by atoms with Gasteiger partial charge in [0.1, 0.15) is 11.9 Å². The van der Waals surface area contributed by atoms with Crippen molar-refractivity contribution in [2.75, 3.05) is 0 Å². The summed E-state index contributed by atoms with van der Waals surface area (Å²) in [6.07, 6.45) is 3.80. The highest BCUT2D eigenvalue weighted by Crippen LogP contribution is 2.26. The van der Waals surface area contributed by atoms with E-state index in [4.69, 9.17) is 4.74 Å². The minimum Gasteiger partial charge on any atom is -0.487 e. The Balaban J connectivity index is 2.07. The first-order chi connectivity index (χ1) is 7.66. The molecule has 0 bridgehead atoms. The molecule has 1 N–H and O–H groups in total. The van der Waals surface area contributed by atoms with Gasteiger partial charge in [-0.2, -0.15) is 0 Å². The molecule has 1 saturated carbocycles. The molecule has 1 aromatic carbocycles. The van der Waals surface area contributed by atoms with E-state index in [1.807, 2.05) is 6.07 Å². The van der Waals surface area contributed by atoms with Crippen LogP contribution in [-0.2, 0) is 0 Å². The van der Waals surface area contributed by atoms with Gasteiger partial charge in [0.25, 0.3) is 0 Å². The van der Waals surface area contributed by atoms with Gasteiger partial charge in [-0.15, -0.1) is 0 Å². The fourth-order valence-electron chi connectivity index (χ4n) is 2.31. The van der Waals surface area contributed by atoms with Crippen molar-refractivity contribution in [3.8, 4) is 5.75 Å². The number of ether oxygens (including phenoxy) is 1. The summed E-state index contributed by atoms with van der Waals surface area (Å²) in [5, 5.41) is 9.85. The molecule has 1 aliphatic rings. The second-order valence-corrected chi connectivity index (χ2v) is 4.78. The van der Waals surface area contributed by atoms with Crippen LogP contribution >= 0.6 is 0 Å². The van der Waals surface area contributed by atoms with Crippen LogP contribution in [0.2, 0.25) is 0 Å². The molecule has 2 heteroatoms. The van der Waals surface area contributed by atoms with Gasteiger partial charge in [0.2, 0.25) is 0 Å². The van der Waals surface area contributed by atoms with Crippen molar-refractivity contribution >= 4 is 0 Å². The maximum absolute atomic E-state index is 9.85. The first-order valence-corrected chi connectivity index (χ1v) is 6.09. The Morgan fingerprint density at radius 2 is 1.94 bits per heavy atom. The van der Waals surface area contributed by atoms with E-state index < -0.39 is 0 Å². The predicted molar refractivity (Wildman–Crippen MR) is 64.8 cm³/mol. The molecule has 1 fully saturated rings. The maximum atomic E-state index is 9.85. The number of aliphatic hydroxyl groups excluding tert-OH is 1. The number of aliphatic hydroxyl groups is 1. The molecule has 0 spiro atoms. The summed E-state index contributed by atoms with van der Waals surface area (Å²) < 4.78 is 5.90. The molecule has 0 heterocycles. The first-order valence-electron chi connectivity index (χ1n) is 6.09. The zero-order chi connectivity index (χ0) is 11.5. The van der Waals surface area contributed by atoms with Gasteiger partial charge in [-0.3, -0.25) is 0 Å². The number of hydrogen-bond donors (Lipinski definition) is 1. The van der Waals surface area contributed by atoms with E-state index in [1.54, 1.807) is 0 Å². The monoisotopic (exact) mass is 220 g/mol. The molecule has 1 aromatic rings. The van der Waals surface area contributed by atoms with Crippen LogP contribution in [0.25, 0.3) is 0 Å². The summed E-state index contributed by atoms with van der Waals surface area (Å²) in [6.45, 7) is 4.13. The molecular weight excluding hydrogens is 200 g/mol. The van der Waals surface area contributed by atoms with Crippen LogP contribution in [-0.4, -0.2) is 17.3 Å². The molecule has 0 radical (unpaired) electrons. The highest BCUT2D eigenvalue weighted by molar-refractivity contribution is 5.35. The first kappa shape index (κ1) is 11.5.